The van der Waals surface area contributed by atoms with Gasteiger partial charge < -0.3 is 22.4 Å². The monoisotopic (exact) mass is 133 g/mol. The molecule has 0 saturated heterocycles. The molecule has 0 atom stereocenters. The fraction of sp³-hybridized carbons (Fsp3) is 0. The molecular weight excluding hydrogens is 125 g/mol. The molecule has 0 unspecified atom stereocenters. The predicted octanol–water partition coefficient (Wildman–Crippen LogP) is -5.16. The summed E-state index contributed by atoms with van der Waals surface area (Å²) in [4.78, 5) is 0. The third kappa shape index (κ3) is 233. The number of nitrogens with two attached hydrogens (primary N) is 2. The Morgan fingerprint density at radius 3 is 1.29 bits per heavy atom. The van der Waals surface area contributed by atoms with E-state index in [1.807, 2.05) is 0 Å². The van der Waals surface area contributed by atoms with E-state index in [2.05, 4.69) is 11.5 Å². The Morgan fingerprint density at radius 2 is 1.29 bits per heavy atom. The van der Waals surface area contributed by atoms with Crippen LogP contribution in [0.15, 0.2) is 0 Å². The second-order valence-electron chi connectivity index (χ2n) is 0.455. The van der Waals surface area contributed by atoms with E-state index in [-0.39, 0.29) is 68.3 Å². The number of rotatable bonds is 0. The van der Waals surface area contributed by atoms with Crippen molar-refractivity contribution in [1.29, 1.82) is 5.41 Å². The van der Waals surface area contributed by atoms with E-state index in [1.165, 1.54) is 0 Å². The first-order valence-electron chi connectivity index (χ1n) is 0.827. The molecule has 0 aromatic carbocycles. The molecule has 0 aliphatic carbocycles. The fourth-order valence-corrected chi connectivity index (χ4v) is 0. The van der Waals surface area contributed by atoms with Crippen molar-refractivity contribution in [1.82, 2.24) is 0 Å². The zero-order valence-corrected chi connectivity index (χ0v) is 7.23. The summed E-state index contributed by atoms with van der Waals surface area (Å²) in [6, 6.07) is 0. The zero-order chi connectivity index (χ0) is 3.58. The van der Waals surface area contributed by atoms with Crippen LogP contribution in [0.4, 0.5) is 0 Å². The van der Waals surface area contributed by atoms with E-state index in [0.717, 1.165) is 0 Å². The molecule has 0 rings (SSSR count). The number of guanidine groups is 1. The van der Waals surface area contributed by atoms with E-state index in [4.69, 9.17) is 5.41 Å². The summed E-state index contributed by atoms with van der Waals surface area (Å²) in [7, 11) is 0. The summed E-state index contributed by atoms with van der Waals surface area (Å²) in [5.41, 5.74) is 8.94. The molecule has 0 heterocycles. The zero-order valence-electron chi connectivity index (χ0n) is 4.10. The molecule has 6 heteroatoms. The maximum atomic E-state index is 6.06. The average molecular weight is 133 g/mol. The molecular formula is CH8KN3O2. The Hall–Kier alpha value is 0.826. The standard InChI is InChI=1S/CH5N3.K.2H2O/c2-1(3)4;;;/h(H5,2,3,4);;2*1H2/q;+1;;/p-1. The van der Waals surface area contributed by atoms with Gasteiger partial charge in [-0.3, -0.25) is 5.41 Å². The van der Waals surface area contributed by atoms with E-state index < -0.39 is 0 Å². The molecule has 0 aromatic rings. The van der Waals surface area contributed by atoms with Crippen LogP contribution in [0.3, 0.4) is 0 Å². The molecule has 40 valence electrons. The van der Waals surface area contributed by atoms with Gasteiger partial charge in [0.1, 0.15) is 0 Å². The molecule has 0 radical (unpaired) electrons. The molecule has 0 aliphatic heterocycles. The van der Waals surface area contributed by atoms with Gasteiger partial charge in [-0.05, 0) is 0 Å². The van der Waals surface area contributed by atoms with Gasteiger partial charge in [-0.25, -0.2) is 0 Å². The Morgan fingerprint density at radius 1 is 1.29 bits per heavy atom. The van der Waals surface area contributed by atoms with Crippen LogP contribution >= 0.6 is 0 Å². The average Bonchev–Trinajstić information content (AvgIpc) is 0.811. The van der Waals surface area contributed by atoms with Crippen LogP contribution in [-0.2, 0) is 0 Å². The topological polar surface area (TPSA) is 137 Å². The molecule has 5 nitrogen and oxygen atoms in total. The van der Waals surface area contributed by atoms with Crippen molar-refractivity contribution in [3.8, 4) is 0 Å². The van der Waals surface area contributed by atoms with Gasteiger partial charge in [0.25, 0.3) is 0 Å². The van der Waals surface area contributed by atoms with Crippen molar-refractivity contribution < 1.29 is 62.3 Å². The molecule has 7 heavy (non-hydrogen) atoms. The molecule has 0 amide bonds. The van der Waals surface area contributed by atoms with Crippen LogP contribution in [0.2, 0.25) is 0 Å². The molecule has 0 spiro atoms. The van der Waals surface area contributed by atoms with Crippen molar-refractivity contribution >= 4 is 5.96 Å². The normalized spacial score (nSPS) is 3.43. The Labute approximate surface area is 84.0 Å². The Kier molecular flexibility index (Phi) is 56.3. The van der Waals surface area contributed by atoms with Crippen LogP contribution in [0.1, 0.15) is 0 Å². The third-order valence-corrected chi connectivity index (χ3v) is 0. The van der Waals surface area contributed by atoms with E-state index in [9.17, 15) is 0 Å². The maximum absolute atomic E-state index is 6.06. The van der Waals surface area contributed by atoms with Gasteiger partial charge in [0.15, 0.2) is 5.96 Å². The van der Waals surface area contributed by atoms with E-state index >= 15 is 0 Å². The van der Waals surface area contributed by atoms with Gasteiger partial charge in [-0.1, -0.05) is 0 Å². The predicted molar refractivity (Wildman–Crippen MR) is 21.7 cm³/mol. The van der Waals surface area contributed by atoms with Crippen molar-refractivity contribution in [3.63, 3.8) is 0 Å². The minimum atomic E-state index is -0.333. The Balaban J connectivity index is -0.0000000150. The second kappa shape index (κ2) is 15.8. The second-order valence-corrected chi connectivity index (χ2v) is 0.455. The van der Waals surface area contributed by atoms with E-state index in [0.29, 0.717) is 0 Å². The number of hydrogen-bond acceptors (Lipinski definition) is 2. The summed E-state index contributed by atoms with van der Waals surface area (Å²) in [6.07, 6.45) is 0. The van der Waals surface area contributed by atoms with Gasteiger partial charge in [-0.2, -0.15) is 0 Å². The molecule has 0 bridgehead atoms. The van der Waals surface area contributed by atoms with Crippen LogP contribution in [0.5, 0.6) is 0 Å². The number of hydrogen-bond donors (Lipinski definition) is 3. The Bertz CT molecular complexity index is 35.9. The van der Waals surface area contributed by atoms with Crippen LogP contribution in [0, 0.1) is 5.41 Å². The molecule has 8 N–H and O–H groups in total. The summed E-state index contributed by atoms with van der Waals surface area (Å²) in [6.45, 7) is 0. The van der Waals surface area contributed by atoms with Crippen molar-refractivity contribution in [2.75, 3.05) is 0 Å². The first-order chi connectivity index (χ1) is 1.73. The minimum Gasteiger partial charge on any atom is -0.870 e. The smallest absolute Gasteiger partial charge is 0.870 e. The summed E-state index contributed by atoms with van der Waals surface area (Å²) in [5, 5.41) is 6.06. The van der Waals surface area contributed by atoms with Crippen LogP contribution in [-0.4, -0.2) is 16.9 Å². The molecule has 0 aromatic heterocycles. The summed E-state index contributed by atoms with van der Waals surface area (Å²) in [5.74, 6) is -0.333. The molecule has 0 aliphatic rings. The number of nitrogens with one attached hydrogen (secondary N) is 1. The van der Waals surface area contributed by atoms with Crippen molar-refractivity contribution in [2.24, 2.45) is 11.5 Å². The van der Waals surface area contributed by atoms with Gasteiger partial charge >= 0.3 is 51.4 Å². The SMILES string of the molecule is N=C(N)N.O.[K+].[OH-]. The third-order valence-electron chi connectivity index (χ3n) is 0. The molecule has 0 saturated carbocycles. The van der Waals surface area contributed by atoms with Crippen LogP contribution in [0.25, 0.3) is 0 Å². The largest absolute Gasteiger partial charge is 1.00 e. The van der Waals surface area contributed by atoms with Crippen molar-refractivity contribution in [2.45, 2.75) is 0 Å². The van der Waals surface area contributed by atoms with Crippen LogP contribution < -0.4 is 62.9 Å². The van der Waals surface area contributed by atoms with Gasteiger partial charge in [0.05, 0.1) is 0 Å². The fourth-order valence-electron chi connectivity index (χ4n) is 0. The minimum absolute atomic E-state index is 0. The first kappa shape index (κ1) is 24.9. The van der Waals surface area contributed by atoms with Gasteiger partial charge in [0.2, 0.25) is 0 Å². The summed E-state index contributed by atoms with van der Waals surface area (Å²) < 4.78 is 0. The maximum Gasteiger partial charge on any atom is 1.00 e. The molecule has 0 fully saturated rings. The quantitative estimate of drug-likeness (QED) is 0.173. The van der Waals surface area contributed by atoms with Gasteiger partial charge in [0, 0.05) is 0 Å². The first-order valence-corrected chi connectivity index (χ1v) is 0.827. The van der Waals surface area contributed by atoms with E-state index in [1.54, 1.807) is 0 Å². The summed E-state index contributed by atoms with van der Waals surface area (Å²) >= 11 is 0. The van der Waals surface area contributed by atoms with Gasteiger partial charge in [-0.15, -0.1) is 0 Å². The van der Waals surface area contributed by atoms with Crippen molar-refractivity contribution in [3.05, 3.63) is 0 Å².